The van der Waals surface area contributed by atoms with Crippen LogP contribution in [-0.2, 0) is 27.1 Å². The minimum atomic E-state index is -4.60. The van der Waals surface area contributed by atoms with E-state index in [0.29, 0.717) is 43.7 Å². The van der Waals surface area contributed by atoms with Gasteiger partial charge in [0.2, 0.25) is 11.8 Å². The Balaban J connectivity index is 1.53. The van der Waals surface area contributed by atoms with Gasteiger partial charge in [-0.3, -0.25) is 9.59 Å². The number of allylic oxidation sites excluding steroid dienone is 2. The lowest BCUT2D eigenvalue weighted by Crippen LogP contribution is -2.55. The van der Waals surface area contributed by atoms with E-state index in [4.69, 9.17) is 4.74 Å². The van der Waals surface area contributed by atoms with E-state index in [9.17, 15) is 32.4 Å². The molecule has 1 aliphatic heterocycles. The van der Waals surface area contributed by atoms with Gasteiger partial charge in [-0.05, 0) is 81.5 Å². The molecule has 0 radical (unpaired) electrons. The van der Waals surface area contributed by atoms with Gasteiger partial charge in [-0.2, -0.15) is 13.2 Å². The molecule has 3 unspecified atom stereocenters. The van der Waals surface area contributed by atoms with Gasteiger partial charge in [0, 0.05) is 30.6 Å². The maximum absolute atomic E-state index is 13.7. The Kier molecular flexibility index (Phi) is 11.5. The van der Waals surface area contributed by atoms with Gasteiger partial charge in [-0.15, -0.1) is 4.31 Å². The first kappa shape index (κ1) is 33.6. The Morgan fingerprint density at radius 2 is 1.93 bits per heavy atom. The fourth-order valence-corrected chi connectivity index (χ4v) is 6.64. The summed E-state index contributed by atoms with van der Waals surface area (Å²) in [6.07, 6.45) is 2.88. The monoisotopic (exact) mass is 633 g/mol. The highest BCUT2D eigenvalue weighted by atomic mass is 32.2. The van der Waals surface area contributed by atoms with Crippen LogP contribution < -0.4 is 15.4 Å². The van der Waals surface area contributed by atoms with Crippen LogP contribution in [0.25, 0.3) is 0 Å². The average Bonchev–Trinajstić information content (AvgIpc) is 3.01. The molecule has 5 atom stereocenters. The number of aliphatic hydroxyl groups excluding tert-OH is 1. The zero-order valence-electron chi connectivity index (χ0n) is 24.7. The third-order valence-electron chi connectivity index (χ3n) is 7.67. The van der Waals surface area contributed by atoms with Crippen molar-refractivity contribution in [1.29, 1.82) is 0 Å². The number of alkyl halides is 3. The predicted molar refractivity (Wildman–Crippen MR) is 162 cm³/mol. The highest BCUT2D eigenvalue weighted by molar-refractivity contribution is 7.89. The normalized spacial score (nSPS) is 21.1. The number of halogens is 3. The Hall–Kier alpha value is -3.32. The van der Waals surface area contributed by atoms with Crippen molar-refractivity contribution >= 4 is 28.9 Å². The number of aliphatic hydroxyl groups is 1. The molecular formula is C32H38F3N3O5S. The van der Waals surface area contributed by atoms with E-state index in [2.05, 4.69) is 10.6 Å². The minimum Gasteiger partial charge on any atom is -0.593 e. The second kappa shape index (κ2) is 15.1. The van der Waals surface area contributed by atoms with Crippen LogP contribution in [0.1, 0.15) is 51.5 Å². The summed E-state index contributed by atoms with van der Waals surface area (Å²) in [6.45, 7) is 4.32. The average molecular weight is 634 g/mol. The van der Waals surface area contributed by atoms with E-state index < -0.39 is 53.1 Å². The number of carbonyl (C=O) groups excluding carboxylic acids is 2. The van der Waals surface area contributed by atoms with Gasteiger partial charge < -0.3 is 25.0 Å². The number of hydrogen-bond acceptors (Lipinski definition) is 6. The number of hydrogen-bond donors (Lipinski definition) is 3. The standard InChI is InChI=1S/C32H38F3N3O5S/c1-3-43-26-16-14-25(15-17-26)36-30(40)28(19-22-10-12-23(13-11-22)21(2)39)37-31(41)29-9-4-5-18-38(29)44(42)27-8-6-7-24(20-27)32(33,34)35/h6-8,10-12,14-17,20-21,23,28-29,39H,3-5,9,13,18-19H2,1-2H3,(H,36,40)(H,37,41)/t21?,23?,28?,29-,44+/m0/s1. The molecule has 238 valence electrons. The predicted octanol–water partition coefficient (Wildman–Crippen LogP) is 5.38. The SMILES string of the molecule is CCOc1ccc(NC(=O)C(CC2=CCC(C(C)O)C=C2)NC(=O)[C@@H]2CCCCN2[S@+]([O-])c2cccc(C(F)(F)F)c2)cc1. The van der Waals surface area contributed by atoms with Gasteiger partial charge in [0.1, 0.15) is 17.8 Å². The summed E-state index contributed by atoms with van der Waals surface area (Å²) in [5.41, 5.74) is 0.395. The van der Waals surface area contributed by atoms with Gasteiger partial charge in [0.05, 0.1) is 29.6 Å². The van der Waals surface area contributed by atoms with Crippen LogP contribution in [-0.4, -0.2) is 57.1 Å². The molecule has 3 N–H and O–H groups in total. The molecule has 1 heterocycles. The minimum absolute atomic E-state index is 0.0468. The Bertz CT molecular complexity index is 1350. The summed E-state index contributed by atoms with van der Waals surface area (Å²) in [5, 5.41) is 15.6. The van der Waals surface area contributed by atoms with E-state index in [1.54, 1.807) is 31.2 Å². The molecular weight excluding hydrogens is 595 g/mol. The quantitative estimate of drug-likeness (QED) is 0.287. The zero-order chi connectivity index (χ0) is 31.9. The summed E-state index contributed by atoms with van der Waals surface area (Å²) >= 11 is -2.03. The molecule has 1 saturated heterocycles. The van der Waals surface area contributed by atoms with Crippen LogP contribution in [0.4, 0.5) is 18.9 Å². The molecule has 1 aliphatic carbocycles. The lowest BCUT2D eigenvalue weighted by molar-refractivity contribution is -0.137. The molecule has 1 fully saturated rings. The first-order chi connectivity index (χ1) is 21.0. The van der Waals surface area contributed by atoms with Crippen molar-refractivity contribution in [3.05, 3.63) is 77.9 Å². The number of piperidine rings is 1. The molecule has 0 saturated carbocycles. The Morgan fingerprint density at radius 3 is 2.57 bits per heavy atom. The smallest absolute Gasteiger partial charge is 0.416 e. The number of benzene rings is 2. The molecule has 0 spiro atoms. The van der Waals surface area contributed by atoms with Crippen LogP contribution in [0.15, 0.2) is 77.2 Å². The zero-order valence-corrected chi connectivity index (χ0v) is 25.5. The third kappa shape index (κ3) is 8.87. The van der Waals surface area contributed by atoms with Crippen molar-refractivity contribution in [2.24, 2.45) is 5.92 Å². The van der Waals surface area contributed by atoms with Gasteiger partial charge in [0.25, 0.3) is 0 Å². The second-order valence-electron chi connectivity index (χ2n) is 10.9. The van der Waals surface area contributed by atoms with E-state index in [1.807, 2.05) is 25.2 Å². The number of anilines is 1. The van der Waals surface area contributed by atoms with Crippen molar-refractivity contribution < 1.29 is 37.2 Å². The van der Waals surface area contributed by atoms with E-state index >= 15 is 0 Å². The van der Waals surface area contributed by atoms with Crippen molar-refractivity contribution in [2.75, 3.05) is 18.5 Å². The summed E-state index contributed by atoms with van der Waals surface area (Å²) < 4.78 is 60.3. The summed E-state index contributed by atoms with van der Waals surface area (Å²) in [5.74, 6) is -0.396. The number of ether oxygens (including phenoxy) is 1. The molecule has 2 aromatic rings. The third-order valence-corrected chi connectivity index (χ3v) is 9.19. The van der Waals surface area contributed by atoms with Crippen LogP contribution in [0.2, 0.25) is 0 Å². The molecule has 4 rings (SSSR count). The number of carbonyl (C=O) groups is 2. The Labute approximate surface area is 258 Å². The van der Waals surface area contributed by atoms with Crippen LogP contribution >= 0.6 is 0 Å². The molecule has 12 heteroatoms. The Morgan fingerprint density at radius 1 is 1.18 bits per heavy atom. The topological polar surface area (TPSA) is 114 Å². The van der Waals surface area contributed by atoms with E-state index in [1.165, 1.54) is 16.4 Å². The fraction of sp³-hybridized carbons (Fsp3) is 0.438. The molecule has 2 amide bonds. The number of rotatable bonds is 11. The highest BCUT2D eigenvalue weighted by Crippen LogP contribution is 2.33. The first-order valence-electron chi connectivity index (χ1n) is 14.7. The highest BCUT2D eigenvalue weighted by Gasteiger charge is 2.40. The molecule has 44 heavy (non-hydrogen) atoms. The molecule has 0 aromatic heterocycles. The summed E-state index contributed by atoms with van der Waals surface area (Å²) in [4.78, 5) is 27.2. The van der Waals surface area contributed by atoms with Crippen molar-refractivity contribution in [3.8, 4) is 5.75 Å². The number of amides is 2. The van der Waals surface area contributed by atoms with Crippen LogP contribution in [0.5, 0.6) is 5.75 Å². The number of nitrogens with one attached hydrogen (secondary N) is 2. The molecule has 2 aromatic carbocycles. The van der Waals surface area contributed by atoms with Gasteiger partial charge in [0.15, 0.2) is 4.90 Å². The molecule has 0 bridgehead atoms. The summed E-state index contributed by atoms with van der Waals surface area (Å²) in [6, 6.07) is 9.22. The van der Waals surface area contributed by atoms with E-state index in [0.717, 1.165) is 17.7 Å². The van der Waals surface area contributed by atoms with Crippen LogP contribution in [0, 0.1) is 5.92 Å². The van der Waals surface area contributed by atoms with Crippen molar-refractivity contribution in [3.63, 3.8) is 0 Å². The number of nitrogens with zero attached hydrogens (tertiary/aromatic N) is 1. The molecule has 8 nitrogen and oxygen atoms in total. The maximum atomic E-state index is 13.7. The maximum Gasteiger partial charge on any atom is 0.416 e. The van der Waals surface area contributed by atoms with Gasteiger partial charge in [-0.25, -0.2) is 0 Å². The lowest BCUT2D eigenvalue weighted by Gasteiger charge is -2.34. The second-order valence-corrected chi connectivity index (χ2v) is 12.4. The van der Waals surface area contributed by atoms with Gasteiger partial charge in [-0.1, -0.05) is 24.3 Å². The molecule has 2 aliphatic rings. The van der Waals surface area contributed by atoms with E-state index in [-0.39, 0.29) is 23.8 Å². The van der Waals surface area contributed by atoms with Gasteiger partial charge >= 0.3 is 6.18 Å². The van der Waals surface area contributed by atoms with Crippen LogP contribution in [0.3, 0.4) is 0 Å². The van der Waals surface area contributed by atoms with Crippen molar-refractivity contribution in [1.82, 2.24) is 9.62 Å². The first-order valence-corrected chi connectivity index (χ1v) is 15.8. The fourth-order valence-electron chi connectivity index (χ4n) is 5.22. The van der Waals surface area contributed by atoms with Crippen molar-refractivity contribution in [2.45, 2.75) is 75.2 Å². The summed E-state index contributed by atoms with van der Waals surface area (Å²) in [7, 11) is 0. The lowest BCUT2D eigenvalue weighted by atomic mass is 9.90. The largest absolute Gasteiger partial charge is 0.593 e.